The van der Waals surface area contributed by atoms with Crippen LogP contribution in [-0.4, -0.2) is 22.3 Å². The molecule has 32 heavy (non-hydrogen) atoms. The zero-order chi connectivity index (χ0) is 22.3. The maximum atomic E-state index is 13.1. The Morgan fingerprint density at radius 1 is 0.969 bits per heavy atom. The quantitative estimate of drug-likeness (QED) is 0.369. The van der Waals surface area contributed by atoms with Crippen LogP contribution in [0.2, 0.25) is 0 Å². The molecular formula is C25H19F3N2O2. The van der Waals surface area contributed by atoms with Crippen molar-refractivity contribution in [3.63, 3.8) is 0 Å². The second-order valence-corrected chi connectivity index (χ2v) is 7.84. The van der Waals surface area contributed by atoms with Crippen molar-refractivity contribution in [1.82, 2.24) is 9.88 Å². The second kappa shape index (κ2) is 7.82. The molecule has 1 fully saturated rings. The van der Waals surface area contributed by atoms with E-state index in [1.807, 2.05) is 48.5 Å². The number of alkyl halides is 3. The summed E-state index contributed by atoms with van der Waals surface area (Å²) in [7, 11) is 0. The van der Waals surface area contributed by atoms with Crippen LogP contribution in [0.5, 0.6) is 0 Å². The van der Waals surface area contributed by atoms with Crippen molar-refractivity contribution in [1.29, 1.82) is 0 Å². The average Bonchev–Trinajstić information content (AvgIpc) is 3.45. The highest BCUT2D eigenvalue weighted by molar-refractivity contribution is 5.95. The van der Waals surface area contributed by atoms with Gasteiger partial charge in [-0.3, -0.25) is 4.79 Å². The minimum absolute atomic E-state index is 0.00852. The number of amides is 1. The Labute approximate surface area is 182 Å². The molecule has 0 radical (unpaired) electrons. The number of oxazole rings is 1. The minimum Gasteiger partial charge on any atom is -0.438 e. The van der Waals surface area contributed by atoms with E-state index < -0.39 is 23.7 Å². The molecule has 4 nitrogen and oxygen atoms in total. The van der Waals surface area contributed by atoms with Crippen molar-refractivity contribution in [2.45, 2.75) is 25.1 Å². The van der Waals surface area contributed by atoms with E-state index in [9.17, 15) is 18.0 Å². The fourth-order valence-corrected chi connectivity index (χ4v) is 4.16. The van der Waals surface area contributed by atoms with Gasteiger partial charge in [-0.15, -0.1) is 0 Å². The summed E-state index contributed by atoms with van der Waals surface area (Å²) in [6.07, 6.45) is -3.14. The number of carbonyl (C=O) groups is 1. The molecule has 1 atom stereocenters. The lowest BCUT2D eigenvalue weighted by Gasteiger charge is -2.22. The van der Waals surface area contributed by atoms with Gasteiger partial charge in [0.15, 0.2) is 5.58 Å². The molecule has 1 aliphatic heterocycles. The predicted molar refractivity (Wildman–Crippen MR) is 114 cm³/mol. The maximum Gasteiger partial charge on any atom is 0.416 e. The van der Waals surface area contributed by atoms with Crippen molar-refractivity contribution in [3.8, 4) is 11.1 Å². The molecule has 5 rings (SSSR count). The van der Waals surface area contributed by atoms with Crippen LogP contribution in [0, 0.1) is 0 Å². The standard InChI is InChI=1S/C25H19F3N2O2/c26-25(27,28)19-9-4-8-18(14-19)24(31)30-13-5-10-21(30)23-29-20-15-17(11-12-22(20)32-23)16-6-2-1-3-7-16/h1-4,6-9,11-12,14-15,21H,5,10,13H2. The molecule has 4 aromatic rings. The average molecular weight is 436 g/mol. The van der Waals surface area contributed by atoms with Crippen molar-refractivity contribution in [2.24, 2.45) is 0 Å². The highest BCUT2D eigenvalue weighted by Gasteiger charge is 2.36. The molecule has 2 heterocycles. The Hall–Kier alpha value is -3.61. The summed E-state index contributed by atoms with van der Waals surface area (Å²) in [5.41, 5.74) is 2.52. The third-order valence-corrected chi connectivity index (χ3v) is 5.75. The summed E-state index contributed by atoms with van der Waals surface area (Å²) in [5.74, 6) is -0.0473. The van der Waals surface area contributed by atoms with Gasteiger partial charge in [-0.25, -0.2) is 4.98 Å². The molecule has 1 saturated heterocycles. The first-order chi connectivity index (χ1) is 15.4. The third-order valence-electron chi connectivity index (χ3n) is 5.75. The summed E-state index contributed by atoms with van der Waals surface area (Å²) >= 11 is 0. The van der Waals surface area contributed by atoms with Crippen LogP contribution in [0.4, 0.5) is 13.2 Å². The molecule has 162 valence electrons. The van der Waals surface area contributed by atoms with Crippen molar-refractivity contribution < 1.29 is 22.4 Å². The first-order valence-corrected chi connectivity index (χ1v) is 10.3. The number of likely N-dealkylation sites (tertiary alicyclic amines) is 1. The van der Waals surface area contributed by atoms with Gasteiger partial charge in [-0.1, -0.05) is 42.5 Å². The normalized spacial score (nSPS) is 16.6. The van der Waals surface area contributed by atoms with Gasteiger partial charge in [0.05, 0.1) is 5.56 Å². The first-order valence-electron chi connectivity index (χ1n) is 10.3. The van der Waals surface area contributed by atoms with Gasteiger partial charge >= 0.3 is 6.18 Å². The van der Waals surface area contributed by atoms with E-state index in [1.165, 1.54) is 12.1 Å². The number of carbonyl (C=O) groups excluding carboxylic acids is 1. The number of rotatable bonds is 3. The van der Waals surface area contributed by atoms with Crippen LogP contribution >= 0.6 is 0 Å². The molecule has 0 N–H and O–H groups in total. The molecule has 1 amide bonds. The lowest BCUT2D eigenvalue weighted by atomic mass is 10.1. The van der Waals surface area contributed by atoms with Gasteiger partial charge in [0, 0.05) is 12.1 Å². The van der Waals surface area contributed by atoms with Gasteiger partial charge in [-0.2, -0.15) is 13.2 Å². The number of hydrogen-bond acceptors (Lipinski definition) is 3. The molecule has 0 spiro atoms. The summed E-state index contributed by atoms with van der Waals surface area (Å²) in [6, 6.07) is 19.7. The largest absolute Gasteiger partial charge is 0.438 e. The van der Waals surface area contributed by atoms with Gasteiger partial charge in [0.25, 0.3) is 5.91 Å². The SMILES string of the molecule is O=C(c1cccc(C(F)(F)F)c1)N1CCCC1c1nc2cc(-c3ccccc3)ccc2o1. The monoisotopic (exact) mass is 436 g/mol. The Kier molecular flexibility index (Phi) is 4.96. The van der Waals surface area contributed by atoms with Gasteiger partial charge in [-0.05, 0) is 54.3 Å². The molecular weight excluding hydrogens is 417 g/mol. The third kappa shape index (κ3) is 3.75. The van der Waals surface area contributed by atoms with Crippen LogP contribution in [0.1, 0.15) is 40.7 Å². The van der Waals surface area contributed by atoms with Crippen LogP contribution in [0.3, 0.4) is 0 Å². The minimum atomic E-state index is -4.50. The van der Waals surface area contributed by atoms with E-state index >= 15 is 0 Å². The van der Waals surface area contributed by atoms with E-state index in [0.29, 0.717) is 30.0 Å². The van der Waals surface area contributed by atoms with Crippen LogP contribution in [-0.2, 0) is 6.18 Å². The molecule has 3 aromatic carbocycles. The maximum absolute atomic E-state index is 13.1. The lowest BCUT2D eigenvalue weighted by molar-refractivity contribution is -0.137. The molecule has 0 bridgehead atoms. The molecule has 7 heteroatoms. The number of hydrogen-bond donors (Lipinski definition) is 0. The summed E-state index contributed by atoms with van der Waals surface area (Å²) < 4.78 is 45.2. The zero-order valence-corrected chi connectivity index (χ0v) is 17.0. The topological polar surface area (TPSA) is 46.3 Å². The van der Waals surface area contributed by atoms with Crippen molar-refractivity contribution in [2.75, 3.05) is 6.54 Å². The number of halogens is 3. The Morgan fingerprint density at radius 3 is 2.56 bits per heavy atom. The van der Waals surface area contributed by atoms with E-state index in [-0.39, 0.29) is 5.56 Å². The highest BCUT2D eigenvalue weighted by atomic mass is 19.4. The van der Waals surface area contributed by atoms with E-state index in [2.05, 4.69) is 4.98 Å². The molecule has 0 saturated carbocycles. The Bertz CT molecular complexity index is 1280. The van der Waals surface area contributed by atoms with E-state index in [1.54, 1.807) is 4.90 Å². The number of nitrogens with zero attached hydrogens (tertiary/aromatic N) is 2. The second-order valence-electron chi connectivity index (χ2n) is 7.84. The fraction of sp³-hybridized carbons (Fsp3) is 0.200. The van der Waals surface area contributed by atoms with Gasteiger partial charge < -0.3 is 9.32 Å². The van der Waals surface area contributed by atoms with Crippen molar-refractivity contribution in [3.05, 3.63) is 89.8 Å². The van der Waals surface area contributed by atoms with Crippen molar-refractivity contribution >= 4 is 17.0 Å². The zero-order valence-electron chi connectivity index (χ0n) is 17.0. The Balaban J connectivity index is 1.45. The van der Waals surface area contributed by atoms with E-state index in [4.69, 9.17) is 4.42 Å². The lowest BCUT2D eigenvalue weighted by Crippen LogP contribution is -2.31. The smallest absolute Gasteiger partial charge is 0.416 e. The predicted octanol–water partition coefficient (Wildman–Crippen LogP) is 6.49. The number of benzene rings is 3. The molecule has 0 aliphatic carbocycles. The van der Waals surface area contributed by atoms with E-state index in [0.717, 1.165) is 29.7 Å². The highest BCUT2D eigenvalue weighted by Crippen LogP contribution is 2.36. The summed E-state index contributed by atoms with van der Waals surface area (Å²) in [4.78, 5) is 19.2. The number of fused-ring (bicyclic) bond motifs is 1. The van der Waals surface area contributed by atoms with Gasteiger partial charge in [0.1, 0.15) is 11.6 Å². The van der Waals surface area contributed by atoms with Gasteiger partial charge in [0.2, 0.25) is 5.89 Å². The summed E-state index contributed by atoms with van der Waals surface area (Å²) in [5, 5.41) is 0. The Morgan fingerprint density at radius 2 is 1.78 bits per heavy atom. The van der Waals surface area contributed by atoms with Crippen LogP contribution in [0.25, 0.3) is 22.2 Å². The van der Waals surface area contributed by atoms with Crippen LogP contribution < -0.4 is 0 Å². The van der Waals surface area contributed by atoms with Crippen LogP contribution in [0.15, 0.2) is 77.2 Å². The summed E-state index contributed by atoms with van der Waals surface area (Å²) in [6.45, 7) is 0.438. The molecule has 1 aromatic heterocycles. The molecule has 1 aliphatic rings. The first kappa shape index (κ1) is 20.3. The fourth-order valence-electron chi connectivity index (χ4n) is 4.16. The number of aromatic nitrogens is 1. The molecule has 1 unspecified atom stereocenters.